The maximum Gasteiger partial charge on any atom is 0.318 e. The van der Waals surface area contributed by atoms with Crippen molar-refractivity contribution in [2.45, 2.75) is 19.8 Å². The Morgan fingerprint density at radius 3 is 2.23 bits per heavy atom. The van der Waals surface area contributed by atoms with Crippen LogP contribution < -0.4 is 25.4 Å². The average Bonchev–Trinajstić information content (AvgIpc) is 3.17. The highest BCUT2D eigenvalue weighted by atomic mass is 16.5. The van der Waals surface area contributed by atoms with Crippen molar-refractivity contribution in [3.8, 4) is 11.5 Å². The van der Waals surface area contributed by atoms with Crippen LogP contribution in [0.4, 0.5) is 21.9 Å². The van der Waals surface area contributed by atoms with E-state index in [2.05, 4.69) is 5.32 Å². The predicted octanol–water partition coefficient (Wildman–Crippen LogP) is 4.86. The number of hydrogen-bond donors (Lipinski definition) is 2. The van der Waals surface area contributed by atoms with Crippen LogP contribution in [0.5, 0.6) is 11.5 Å². The van der Waals surface area contributed by atoms with Crippen molar-refractivity contribution < 1.29 is 19.1 Å². The first-order valence-electron chi connectivity index (χ1n) is 11.4. The molecule has 1 heterocycles. The van der Waals surface area contributed by atoms with Gasteiger partial charge < -0.3 is 20.5 Å². The van der Waals surface area contributed by atoms with E-state index in [1.807, 2.05) is 50.2 Å². The van der Waals surface area contributed by atoms with Crippen LogP contribution in [0.3, 0.4) is 0 Å². The van der Waals surface area contributed by atoms with Crippen LogP contribution in [-0.2, 0) is 4.79 Å². The van der Waals surface area contributed by atoms with Gasteiger partial charge in [-0.25, -0.2) is 4.79 Å². The van der Waals surface area contributed by atoms with Gasteiger partial charge in [-0.1, -0.05) is 30.3 Å². The van der Waals surface area contributed by atoms with E-state index in [4.69, 9.17) is 20.2 Å². The number of amides is 3. The second-order valence-corrected chi connectivity index (χ2v) is 7.95. The first-order chi connectivity index (χ1) is 16.9. The fourth-order valence-electron chi connectivity index (χ4n) is 4.00. The van der Waals surface area contributed by atoms with Crippen LogP contribution >= 0.6 is 0 Å². The lowest BCUT2D eigenvalue weighted by molar-refractivity contribution is -0.115. The SMILES string of the molecule is CCOc1cc2c(cc1OCC)C(C(=Nc1ccc(N(C)C(N)=O)cc1)c1ccccc1)C(=O)N2. The lowest BCUT2D eigenvalue weighted by atomic mass is 9.90. The Morgan fingerprint density at radius 2 is 1.63 bits per heavy atom. The number of anilines is 2. The molecule has 8 heteroatoms. The highest BCUT2D eigenvalue weighted by Gasteiger charge is 2.36. The maximum atomic E-state index is 13.3. The summed E-state index contributed by atoms with van der Waals surface area (Å²) in [5.41, 5.74) is 9.53. The van der Waals surface area contributed by atoms with E-state index in [0.29, 0.717) is 47.5 Å². The van der Waals surface area contributed by atoms with Crippen molar-refractivity contribution in [2.75, 3.05) is 30.5 Å². The molecule has 3 amide bonds. The van der Waals surface area contributed by atoms with Gasteiger partial charge in [0, 0.05) is 24.5 Å². The molecule has 0 saturated carbocycles. The molecule has 8 nitrogen and oxygen atoms in total. The minimum absolute atomic E-state index is 0.177. The van der Waals surface area contributed by atoms with Gasteiger partial charge in [0.1, 0.15) is 5.92 Å². The number of rotatable bonds is 8. The van der Waals surface area contributed by atoms with E-state index in [9.17, 15) is 9.59 Å². The summed E-state index contributed by atoms with van der Waals surface area (Å²) in [5.74, 6) is 0.348. The Labute approximate surface area is 204 Å². The number of urea groups is 1. The van der Waals surface area contributed by atoms with E-state index in [1.54, 1.807) is 37.4 Å². The van der Waals surface area contributed by atoms with Crippen molar-refractivity contribution >= 4 is 34.7 Å². The number of aliphatic imine (C=N–C) groups is 1. The number of primary amides is 1. The highest BCUT2D eigenvalue weighted by Crippen LogP contribution is 2.43. The number of benzene rings is 3. The van der Waals surface area contributed by atoms with E-state index >= 15 is 0 Å². The van der Waals surface area contributed by atoms with Crippen molar-refractivity contribution in [1.82, 2.24) is 0 Å². The summed E-state index contributed by atoms with van der Waals surface area (Å²) >= 11 is 0. The summed E-state index contributed by atoms with van der Waals surface area (Å²) < 4.78 is 11.5. The van der Waals surface area contributed by atoms with Crippen LogP contribution in [0, 0.1) is 0 Å². The zero-order chi connectivity index (χ0) is 24.9. The molecule has 1 aliphatic rings. The molecule has 3 aromatic rings. The Morgan fingerprint density at radius 1 is 1.00 bits per heavy atom. The molecule has 0 saturated heterocycles. The molecule has 1 unspecified atom stereocenters. The number of hydrogen-bond acceptors (Lipinski definition) is 5. The molecule has 0 radical (unpaired) electrons. The lowest BCUT2D eigenvalue weighted by Crippen LogP contribution is -2.31. The number of nitrogens with one attached hydrogen (secondary N) is 1. The van der Waals surface area contributed by atoms with Gasteiger partial charge in [-0.05, 0) is 55.3 Å². The molecule has 1 atom stereocenters. The molecule has 1 aliphatic heterocycles. The minimum atomic E-state index is -0.643. The highest BCUT2D eigenvalue weighted by molar-refractivity contribution is 6.24. The summed E-state index contributed by atoms with van der Waals surface area (Å²) in [6, 6.07) is 19.8. The molecule has 35 heavy (non-hydrogen) atoms. The third-order valence-electron chi connectivity index (χ3n) is 5.71. The Bertz CT molecular complexity index is 1260. The van der Waals surface area contributed by atoms with Crippen LogP contribution in [0.25, 0.3) is 0 Å². The standard InChI is InChI=1S/C27H28N4O4/c1-4-34-22-15-20-21(16-23(22)35-5-2)30-26(32)24(20)25(17-9-7-6-8-10-17)29-18-11-13-19(14-12-18)31(3)27(28)33/h6-16,24H,4-5H2,1-3H3,(H2,28,33)(H,30,32). The molecule has 0 spiro atoms. The summed E-state index contributed by atoms with van der Waals surface area (Å²) in [6.45, 7) is 4.75. The molecule has 0 fully saturated rings. The number of ether oxygens (including phenoxy) is 2. The zero-order valence-corrected chi connectivity index (χ0v) is 19.9. The largest absolute Gasteiger partial charge is 0.490 e. The van der Waals surface area contributed by atoms with Crippen LogP contribution in [0.15, 0.2) is 71.7 Å². The van der Waals surface area contributed by atoms with Crippen molar-refractivity contribution in [3.05, 3.63) is 77.9 Å². The van der Waals surface area contributed by atoms with Gasteiger partial charge in [0.2, 0.25) is 5.91 Å². The third kappa shape index (κ3) is 4.96. The Hall–Kier alpha value is -4.33. The van der Waals surface area contributed by atoms with E-state index in [-0.39, 0.29) is 5.91 Å². The Kier molecular flexibility index (Phi) is 7.01. The fraction of sp³-hybridized carbons (Fsp3) is 0.222. The number of nitrogens with two attached hydrogens (primary N) is 1. The van der Waals surface area contributed by atoms with E-state index in [0.717, 1.165) is 11.1 Å². The molecular weight excluding hydrogens is 444 g/mol. The van der Waals surface area contributed by atoms with Gasteiger partial charge >= 0.3 is 6.03 Å². The molecule has 0 aliphatic carbocycles. The topological polar surface area (TPSA) is 106 Å². The van der Waals surface area contributed by atoms with Crippen LogP contribution in [0.1, 0.15) is 30.9 Å². The normalized spacial score (nSPS) is 14.8. The monoisotopic (exact) mass is 472 g/mol. The van der Waals surface area contributed by atoms with E-state index in [1.165, 1.54) is 4.90 Å². The maximum absolute atomic E-state index is 13.3. The number of carbonyl (C=O) groups excluding carboxylic acids is 2. The number of fused-ring (bicyclic) bond motifs is 1. The molecule has 0 bridgehead atoms. The molecule has 3 aromatic carbocycles. The average molecular weight is 473 g/mol. The zero-order valence-electron chi connectivity index (χ0n) is 19.9. The molecular formula is C27H28N4O4. The first kappa shape index (κ1) is 23.8. The number of carbonyl (C=O) groups is 2. The van der Waals surface area contributed by atoms with Crippen molar-refractivity contribution in [2.24, 2.45) is 10.7 Å². The van der Waals surface area contributed by atoms with Gasteiger partial charge in [-0.3, -0.25) is 14.7 Å². The van der Waals surface area contributed by atoms with Gasteiger partial charge in [0.15, 0.2) is 11.5 Å². The van der Waals surface area contributed by atoms with Gasteiger partial charge in [-0.2, -0.15) is 0 Å². The molecule has 0 aromatic heterocycles. The van der Waals surface area contributed by atoms with Gasteiger partial charge in [-0.15, -0.1) is 0 Å². The van der Waals surface area contributed by atoms with Crippen LogP contribution in [-0.4, -0.2) is 37.9 Å². The summed E-state index contributed by atoms with van der Waals surface area (Å²) in [7, 11) is 1.60. The summed E-state index contributed by atoms with van der Waals surface area (Å²) in [5, 5.41) is 2.97. The van der Waals surface area contributed by atoms with Gasteiger partial charge in [0.05, 0.1) is 24.6 Å². The fourth-order valence-corrected chi connectivity index (χ4v) is 4.00. The smallest absolute Gasteiger partial charge is 0.318 e. The predicted molar refractivity (Wildman–Crippen MR) is 137 cm³/mol. The second-order valence-electron chi connectivity index (χ2n) is 7.95. The van der Waals surface area contributed by atoms with Crippen LogP contribution in [0.2, 0.25) is 0 Å². The minimum Gasteiger partial charge on any atom is -0.490 e. The second kappa shape index (κ2) is 10.3. The molecule has 4 rings (SSSR count). The van der Waals surface area contributed by atoms with Crippen molar-refractivity contribution in [3.63, 3.8) is 0 Å². The van der Waals surface area contributed by atoms with E-state index < -0.39 is 11.9 Å². The number of nitrogens with zero attached hydrogens (tertiary/aromatic N) is 2. The molecule has 180 valence electrons. The summed E-state index contributed by atoms with van der Waals surface area (Å²) in [6.07, 6.45) is 0. The van der Waals surface area contributed by atoms with Crippen molar-refractivity contribution in [1.29, 1.82) is 0 Å². The summed E-state index contributed by atoms with van der Waals surface area (Å²) in [4.78, 5) is 31.0. The molecule has 3 N–H and O–H groups in total. The third-order valence-corrected chi connectivity index (χ3v) is 5.71. The lowest BCUT2D eigenvalue weighted by Gasteiger charge is -2.17. The Balaban J connectivity index is 1.81. The van der Waals surface area contributed by atoms with Gasteiger partial charge in [0.25, 0.3) is 0 Å². The first-order valence-corrected chi connectivity index (χ1v) is 11.4. The quantitative estimate of drug-likeness (QED) is 0.457.